The Morgan fingerprint density at radius 2 is 1.80 bits per heavy atom. The van der Waals surface area contributed by atoms with E-state index in [-0.39, 0.29) is 11.9 Å². The Balaban J connectivity index is 1.68. The summed E-state index contributed by atoms with van der Waals surface area (Å²) in [4.78, 5) is 4.99. The molecule has 0 amide bonds. The Morgan fingerprint density at radius 3 is 2.51 bits per heavy atom. The van der Waals surface area contributed by atoms with E-state index in [1.54, 1.807) is 16.8 Å². The van der Waals surface area contributed by atoms with Gasteiger partial charge in [-0.3, -0.25) is 4.98 Å². The Bertz CT molecular complexity index is 1510. The lowest BCUT2D eigenvalue weighted by Gasteiger charge is -2.33. The van der Waals surface area contributed by atoms with Crippen LogP contribution in [0, 0.1) is 25.6 Å². The van der Waals surface area contributed by atoms with Gasteiger partial charge in [-0.2, -0.15) is 0 Å². The molecule has 7 heteroatoms. The van der Waals surface area contributed by atoms with Crippen LogP contribution in [0.4, 0.5) is 4.39 Å². The fourth-order valence-electron chi connectivity index (χ4n) is 5.73. The predicted molar refractivity (Wildman–Crippen MR) is 135 cm³/mol. The van der Waals surface area contributed by atoms with Crippen LogP contribution in [0.2, 0.25) is 0 Å². The minimum absolute atomic E-state index is 0.0316. The van der Waals surface area contributed by atoms with E-state index < -0.39 is 0 Å². The zero-order chi connectivity index (χ0) is 24.1. The maximum atomic E-state index is 13.9. The van der Waals surface area contributed by atoms with Gasteiger partial charge in [0.15, 0.2) is 0 Å². The van der Waals surface area contributed by atoms with Gasteiger partial charge in [-0.25, -0.2) is 9.07 Å². The van der Waals surface area contributed by atoms with Crippen molar-refractivity contribution >= 4 is 21.9 Å². The molecular formula is C28H28FN5O. The van der Waals surface area contributed by atoms with Crippen LogP contribution in [-0.4, -0.2) is 37.8 Å². The van der Waals surface area contributed by atoms with Crippen molar-refractivity contribution in [1.29, 1.82) is 0 Å². The smallest absolute Gasteiger partial charge is 0.123 e. The second-order valence-corrected chi connectivity index (χ2v) is 9.52. The van der Waals surface area contributed by atoms with Crippen LogP contribution in [0.1, 0.15) is 35.7 Å². The summed E-state index contributed by atoms with van der Waals surface area (Å²) in [5, 5.41) is 9.60. The lowest BCUT2D eigenvalue weighted by molar-refractivity contribution is 0.0552. The summed E-state index contributed by atoms with van der Waals surface area (Å²) in [5.41, 5.74) is 8.28. The van der Waals surface area contributed by atoms with Gasteiger partial charge in [0.2, 0.25) is 0 Å². The minimum Gasteiger partial charge on any atom is -0.381 e. The molecule has 0 aliphatic carbocycles. The molecule has 0 N–H and O–H groups in total. The van der Waals surface area contributed by atoms with Crippen LogP contribution in [0.15, 0.2) is 54.7 Å². The highest BCUT2D eigenvalue weighted by molar-refractivity contribution is 6.08. The number of rotatable bonds is 4. The molecule has 0 spiro atoms. The highest BCUT2D eigenvalue weighted by Gasteiger charge is 2.30. The predicted octanol–water partition coefficient (Wildman–Crippen LogP) is 5.76. The first-order valence-corrected chi connectivity index (χ1v) is 12.1. The van der Waals surface area contributed by atoms with E-state index >= 15 is 0 Å². The highest BCUT2D eigenvalue weighted by Crippen LogP contribution is 2.41. The number of hydrogen-bond donors (Lipinski definition) is 0. The van der Waals surface area contributed by atoms with Crippen molar-refractivity contribution in [2.75, 3.05) is 13.2 Å². The number of ether oxygens (including phenoxy) is 1. The summed E-state index contributed by atoms with van der Waals surface area (Å²) >= 11 is 0. The zero-order valence-corrected chi connectivity index (χ0v) is 20.2. The Morgan fingerprint density at radius 1 is 1.03 bits per heavy atom. The quantitative estimate of drug-likeness (QED) is 0.336. The molecular weight excluding hydrogens is 441 g/mol. The Hall–Kier alpha value is -3.58. The van der Waals surface area contributed by atoms with Crippen molar-refractivity contribution in [3.63, 3.8) is 0 Å². The van der Waals surface area contributed by atoms with Gasteiger partial charge in [-0.15, -0.1) is 5.10 Å². The molecule has 0 radical (unpaired) electrons. The molecule has 1 aliphatic rings. The highest BCUT2D eigenvalue weighted by atomic mass is 19.1. The number of nitrogens with zero attached hydrogens (tertiary/aromatic N) is 5. The fraction of sp³-hybridized carbons (Fsp3) is 0.321. The van der Waals surface area contributed by atoms with Crippen LogP contribution < -0.4 is 0 Å². The maximum absolute atomic E-state index is 13.9. The number of fused-ring (bicyclic) bond motifs is 3. The van der Waals surface area contributed by atoms with Gasteiger partial charge in [0, 0.05) is 37.4 Å². The van der Waals surface area contributed by atoms with E-state index in [0.29, 0.717) is 5.92 Å². The monoisotopic (exact) mass is 469 g/mol. The molecule has 5 aromatic rings. The number of pyridine rings is 1. The molecule has 0 bridgehead atoms. The van der Waals surface area contributed by atoms with E-state index in [1.807, 2.05) is 32.3 Å². The third kappa shape index (κ3) is 3.62. The van der Waals surface area contributed by atoms with Crippen LogP contribution in [0.3, 0.4) is 0 Å². The van der Waals surface area contributed by atoms with Crippen molar-refractivity contribution in [2.45, 2.75) is 32.7 Å². The average Bonchev–Trinajstić information content (AvgIpc) is 3.38. The number of hydrogen-bond acceptors (Lipinski definition) is 4. The second-order valence-electron chi connectivity index (χ2n) is 9.52. The molecule has 2 aromatic carbocycles. The second kappa shape index (κ2) is 8.57. The Labute approximate surface area is 203 Å². The summed E-state index contributed by atoms with van der Waals surface area (Å²) in [5.74, 6) is 0.137. The van der Waals surface area contributed by atoms with E-state index in [0.717, 1.165) is 70.5 Å². The van der Waals surface area contributed by atoms with Gasteiger partial charge in [0.05, 0.1) is 34.0 Å². The first-order valence-electron chi connectivity index (χ1n) is 12.1. The number of benzene rings is 2. The summed E-state index contributed by atoms with van der Waals surface area (Å²) in [6.07, 6.45) is 3.82. The molecule has 1 fully saturated rings. The first-order chi connectivity index (χ1) is 17.0. The normalized spacial score (nSPS) is 15.8. The molecule has 6 nitrogen and oxygen atoms in total. The summed E-state index contributed by atoms with van der Waals surface area (Å²) in [6.45, 7) is 5.58. The summed E-state index contributed by atoms with van der Waals surface area (Å²) in [6, 6.07) is 15.6. The third-order valence-electron chi connectivity index (χ3n) is 7.35. The fourth-order valence-corrected chi connectivity index (χ4v) is 5.73. The molecule has 4 heterocycles. The summed E-state index contributed by atoms with van der Waals surface area (Å²) < 4.78 is 23.9. The van der Waals surface area contributed by atoms with Crippen molar-refractivity contribution in [2.24, 2.45) is 13.0 Å². The Kier molecular flexibility index (Phi) is 5.37. The van der Waals surface area contributed by atoms with Gasteiger partial charge >= 0.3 is 0 Å². The molecule has 178 valence electrons. The third-order valence-corrected chi connectivity index (χ3v) is 7.35. The van der Waals surface area contributed by atoms with E-state index in [2.05, 4.69) is 46.1 Å². The molecule has 3 aromatic heterocycles. The SMILES string of the molecule is Cc1nnn(C)c1-c1cnc2c3c(C)cccc3n([C@H](c3ccc(F)cc3)C3CCOCC3)c2c1. The molecule has 0 saturated carbocycles. The number of aryl methyl sites for hydroxylation is 3. The van der Waals surface area contributed by atoms with Crippen LogP contribution in [0.25, 0.3) is 33.2 Å². The van der Waals surface area contributed by atoms with Crippen molar-refractivity contribution in [3.05, 3.63) is 77.4 Å². The van der Waals surface area contributed by atoms with Crippen LogP contribution in [-0.2, 0) is 11.8 Å². The zero-order valence-electron chi connectivity index (χ0n) is 20.2. The molecule has 1 aliphatic heterocycles. The lowest BCUT2D eigenvalue weighted by atomic mass is 9.86. The van der Waals surface area contributed by atoms with Gasteiger partial charge in [0.1, 0.15) is 5.82 Å². The van der Waals surface area contributed by atoms with Crippen LogP contribution >= 0.6 is 0 Å². The van der Waals surface area contributed by atoms with E-state index in [4.69, 9.17) is 9.72 Å². The van der Waals surface area contributed by atoms with Gasteiger partial charge in [-0.05, 0) is 68.0 Å². The van der Waals surface area contributed by atoms with Crippen molar-refractivity contribution in [1.82, 2.24) is 24.5 Å². The standard InChI is InChI=1S/C28H28FN5O/c1-17-5-4-6-23-25(17)26-24(15-21(16-30-26)27-18(2)31-32-33(27)3)34(23)28(20-11-13-35-14-12-20)19-7-9-22(29)10-8-19/h4-10,15-16,20,28H,11-14H2,1-3H3/t28-/m1/s1. The van der Waals surface area contributed by atoms with E-state index in [1.165, 1.54) is 5.56 Å². The van der Waals surface area contributed by atoms with Gasteiger partial charge < -0.3 is 9.30 Å². The molecule has 6 rings (SSSR count). The van der Waals surface area contributed by atoms with E-state index in [9.17, 15) is 4.39 Å². The minimum atomic E-state index is -0.222. The first kappa shape index (κ1) is 21.9. The van der Waals surface area contributed by atoms with Gasteiger partial charge in [-0.1, -0.05) is 29.5 Å². The largest absolute Gasteiger partial charge is 0.381 e. The molecule has 35 heavy (non-hydrogen) atoms. The topological polar surface area (TPSA) is 57.8 Å². The van der Waals surface area contributed by atoms with Gasteiger partial charge in [0.25, 0.3) is 0 Å². The lowest BCUT2D eigenvalue weighted by Crippen LogP contribution is -2.27. The maximum Gasteiger partial charge on any atom is 0.123 e. The average molecular weight is 470 g/mol. The number of halogens is 1. The summed E-state index contributed by atoms with van der Waals surface area (Å²) in [7, 11) is 1.91. The van der Waals surface area contributed by atoms with Crippen molar-refractivity contribution < 1.29 is 9.13 Å². The number of aromatic nitrogens is 5. The van der Waals surface area contributed by atoms with Crippen LogP contribution in [0.5, 0.6) is 0 Å². The molecule has 1 saturated heterocycles. The molecule has 1 atom stereocenters. The molecule has 0 unspecified atom stereocenters. The van der Waals surface area contributed by atoms with Crippen molar-refractivity contribution in [3.8, 4) is 11.3 Å².